The molecule has 34 heavy (non-hydrogen) atoms. The van der Waals surface area contributed by atoms with Gasteiger partial charge in [-0.3, -0.25) is 0 Å². The highest BCUT2D eigenvalue weighted by Gasteiger charge is 2.03. The van der Waals surface area contributed by atoms with Gasteiger partial charge in [0, 0.05) is 18.8 Å². The van der Waals surface area contributed by atoms with Crippen LogP contribution in [0.25, 0.3) is 0 Å². The van der Waals surface area contributed by atoms with Crippen LogP contribution in [0.3, 0.4) is 0 Å². The first-order valence-electron chi connectivity index (χ1n) is 10.5. The molecule has 0 N–H and O–H groups in total. The predicted molar refractivity (Wildman–Crippen MR) is 132 cm³/mol. The van der Waals surface area contributed by atoms with Crippen molar-refractivity contribution in [3.05, 3.63) is 90.5 Å². The van der Waals surface area contributed by atoms with E-state index in [2.05, 4.69) is 33.1 Å². The molecule has 0 fully saturated rings. The molecule has 0 saturated heterocycles. The summed E-state index contributed by atoms with van der Waals surface area (Å²) in [5, 5.41) is 26.0. The minimum atomic E-state index is -0.429. The number of esters is 1. The average Bonchev–Trinajstić information content (AvgIpc) is 2.87. The van der Waals surface area contributed by atoms with Gasteiger partial charge in [0.25, 0.3) is 0 Å². The van der Waals surface area contributed by atoms with Crippen molar-refractivity contribution < 1.29 is 9.53 Å². The zero-order chi connectivity index (χ0) is 24.3. The molecule has 8 heteroatoms. The smallest absolute Gasteiger partial charge is 0.330 e. The van der Waals surface area contributed by atoms with Gasteiger partial charge < -0.3 is 9.64 Å². The van der Waals surface area contributed by atoms with E-state index in [1.165, 1.54) is 0 Å². The van der Waals surface area contributed by atoms with E-state index in [-0.39, 0.29) is 6.61 Å². The first-order valence-corrected chi connectivity index (χ1v) is 10.5. The molecule has 8 nitrogen and oxygen atoms in total. The quantitative estimate of drug-likeness (QED) is 0.201. The molecule has 3 aromatic rings. The number of likely N-dealkylation sites (N-methyl/N-ethyl adjacent to an activating group) is 1. The maximum atomic E-state index is 11.1. The lowest BCUT2D eigenvalue weighted by molar-refractivity contribution is -0.137. The fraction of sp³-hybridized carbons (Fsp3) is 0.154. The van der Waals surface area contributed by atoms with E-state index >= 15 is 0 Å². The molecule has 3 rings (SSSR count). The fourth-order valence-electron chi connectivity index (χ4n) is 2.89. The van der Waals surface area contributed by atoms with Gasteiger partial charge in [-0.15, -0.1) is 0 Å². The first-order chi connectivity index (χ1) is 16.5. The third-order valence-electron chi connectivity index (χ3n) is 4.86. The molecule has 0 aliphatic rings. The Bertz CT molecular complexity index is 1240. The van der Waals surface area contributed by atoms with Crippen LogP contribution < -0.4 is 4.90 Å². The number of anilines is 1. The number of benzene rings is 3. The monoisotopic (exact) mass is 452 g/mol. The highest BCUT2D eigenvalue weighted by molar-refractivity contribution is 5.81. The van der Waals surface area contributed by atoms with Crippen molar-refractivity contribution in [2.75, 3.05) is 25.1 Å². The Kier molecular flexibility index (Phi) is 8.36. The molecule has 0 aliphatic carbocycles. The predicted octanol–water partition coefficient (Wildman–Crippen LogP) is 6.86. The number of rotatable bonds is 9. The van der Waals surface area contributed by atoms with Crippen molar-refractivity contribution >= 4 is 34.4 Å². The van der Waals surface area contributed by atoms with Gasteiger partial charge in [-0.1, -0.05) is 6.58 Å². The first kappa shape index (κ1) is 24.0. The van der Waals surface area contributed by atoms with E-state index in [9.17, 15) is 4.79 Å². The normalized spacial score (nSPS) is 10.9. The Hall–Kier alpha value is -4.64. The van der Waals surface area contributed by atoms with E-state index < -0.39 is 5.97 Å². The zero-order valence-corrected chi connectivity index (χ0v) is 19.0. The van der Waals surface area contributed by atoms with Crippen molar-refractivity contribution in [3.63, 3.8) is 0 Å². The summed E-state index contributed by atoms with van der Waals surface area (Å²) in [7, 11) is 1.92. The number of azo groups is 2. The molecular weight excluding hydrogens is 428 g/mol. The second kappa shape index (κ2) is 11.8. The summed E-state index contributed by atoms with van der Waals surface area (Å²) in [6, 6.07) is 22.2. The van der Waals surface area contributed by atoms with Gasteiger partial charge in [-0.05, 0) is 79.2 Å². The maximum Gasteiger partial charge on any atom is 0.330 e. The van der Waals surface area contributed by atoms with E-state index in [0.29, 0.717) is 23.5 Å². The van der Waals surface area contributed by atoms with Crippen molar-refractivity contribution in [1.29, 1.82) is 5.26 Å². The Labute approximate surface area is 198 Å². The minimum Gasteiger partial charge on any atom is -0.461 e. The van der Waals surface area contributed by atoms with Gasteiger partial charge in [0.1, 0.15) is 6.61 Å². The molecule has 0 bridgehead atoms. The van der Waals surface area contributed by atoms with Crippen LogP contribution in [0.15, 0.2) is 99.8 Å². The fourth-order valence-corrected chi connectivity index (χ4v) is 2.89. The van der Waals surface area contributed by atoms with Crippen LogP contribution in [0, 0.1) is 18.3 Å². The number of hydrogen-bond donors (Lipinski definition) is 0. The van der Waals surface area contributed by atoms with E-state index in [1.807, 2.05) is 61.3 Å². The number of aryl methyl sites for hydroxylation is 1. The number of nitriles is 1. The lowest BCUT2D eigenvalue weighted by Gasteiger charge is -2.18. The molecule has 0 radical (unpaired) electrons. The van der Waals surface area contributed by atoms with Gasteiger partial charge in [-0.2, -0.15) is 25.7 Å². The van der Waals surface area contributed by atoms with Crippen LogP contribution in [-0.2, 0) is 9.53 Å². The molecule has 0 aliphatic heterocycles. The summed E-state index contributed by atoms with van der Waals surface area (Å²) < 4.78 is 5.01. The number of hydrogen-bond acceptors (Lipinski definition) is 8. The van der Waals surface area contributed by atoms with E-state index in [0.717, 1.165) is 28.7 Å². The Morgan fingerprint density at radius 3 is 2.18 bits per heavy atom. The van der Waals surface area contributed by atoms with Crippen molar-refractivity contribution in [3.8, 4) is 6.07 Å². The van der Waals surface area contributed by atoms with Crippen LogP contribution in [-0.4, -0.2) is 26.2 Å². The number of carbonyl (C=O) groups excluding carboxylic acids is 1. The zero-order valence-electron chi connectivity index (χ0n) is 19.0. The largest absolute Gasteiger partial charge is 0.461 e. The second-order valence-electron chi connectivity index (χ2n) is 7.34. The number of ether oxygens (including phenoxy) is 1. The molecule has 0 saturated carbocycles. The summed E-state index contributed by atoms with van der Waals surface area (Å²) >= 11 is 0. The van der Waals surface area contributed by atoms with Crippen LogP contribution in [0.4, 0.5) is 28.4 Å². The SMILES string of the molecule is C=CC(=O)OCCN(C)c1ccc(N=Nc2ccc(N=Nc3ccc(C#N)cc3)cc2C)cc1. The highest BCUT2D eigenvalue weighted by Crippen LogP contribution is 2.28. The summed E-state index contributed by atoms with van der Waals surface area (Å²) in [5.41, 5.74) is 5.31. The molecule has 0 spiro atoms. The summed E-state index contributed by atoms with van der Waals surface area (Å²) in [5.74, 6) is -0.429. The summed E-state index contributed by atoms with van der Waals surface area (Å²) in [6.07, 6.45) is 1.15. The third-order valence-corrected chi connectivity index (χ3v) is 4.86. The molecule has 0 atom stereocenters. The molecule has 0 heterocycles. The molecule has 0 unspecified atom stereocenters. The van der Waals surface area contributed by atoms with Gasteiger partial charge >= 0.3 is 5.97 Å². The molecule has 170 valence electrons. The molecule has 3 aromatic carbocycles. The van der Waals surface area contributed by atoms with Crippen LogP contribution in [0.2, 0.25) is 0 Å². The van der Waals surface area contributed by atoms with E-state index in [1.54, 1.807) is 24.3 Å². The topological polar surface area (TPSA) is 103 Å². The number of nitrogens with zero attached hydrogens (tertiary/aromatic N) is 6. The average molecular weight is 453 g/mol. The Morgan fingerprint density at radius 2 is 1.56 bits per heavy atom. The number of carbonyl (C=O) groups is 1. The lowest BCUT2D eigenvalue weighted by atomic mass is 10.2. The Morgan fingerprint density at radius 1 is 0.971 bits per heavy atom. The standard InChI is InChI=1S/C26H24N6O2/c1-4-26(33)34-16-15-32(3)24-12-9-22(10-13-24)29-31-25-14-11-23(17-19(25)2)30-28-21-7-5-20(18-27)6-8-21/h4-14,17H,1,15-16H2,2-3H3. The molecule has 0 amide bonds. The molecular formula is C26H24N6O2. The van der Waals surface area contributed by atoms with Gasteiger partial charge in [0.15, 0.2) is 0 Å². The third kappa shape index (κ3) is 6.93. The molecule has 0 aromatic heterocycles. The van der Waals surface area contributed by atoms with Crippen molar-refractivity contribution in [1.82, 2.24) is 0 Å². The van der Waals surface area contributed by atoms with Crippen LogP contribution >= 0.6 is 0 Å². The van der Waals surface area contributed by atoms with Crippen LogP contribution in [0.5, 0.6) is 0 Å². The maximum absolute atomic E-state index is 11.1. The summed E-state index contributed by atoms with van der Waals surface area (Å²) in [6.45, 7) is 6.16. The van der Waals surface area contributed by atoms with Crippen LogP contribution in [0.1, 0.15) is 11.1 Å². The summed E-state index contributed by atoms with van der Waals surface area (Å²) in [4.78, 5) is 13.1. The Balaban J connectivity index is 1.59. The van der Waals surface area contributed by atoms with Crippen molar-refractivity contribution in [2.24, 2.45) is 20.5 Å². The minimum absolute atomic E-state index is 0.283. The van der Waals surface area contributed by atoms with E-state index in [4.69, 9.17) is 10.00 Å². The van der Waals surface area contributed by atoms with Crippen molar-refractivity contribution in [2.45, 2.75) is 6.92 Å². The van der Waals surface area contributed by atoms with Gasteiger partial charge in [-0.25, -0.2) is 4.79 Å². The van der Waals surface area contributed by atoms with Gasteiger partial charge in [0.2, 0.25) is 0 Å². The lowest BCUT2D eigenvalue weighted by Crippen LogP contribution is -2.23. The second-order valence-corrected chi connectivity index (χ2v) is 7.34. The highest BCUT2D eigenvalue weighted by atomic mass is 16.5. The van der Waals surface area contributed by atoms with Gasteiger partial charge in [0.05, 0.1) is 40.9 Å².